The van der Waals surface area contributed by atoms with Crippen LogP contribution in [0.4, 0.5) is 0 Å². The molecule has 0 unspecified atom stereocenters. The van der Waals surface area contributed by atoms with E-state index >= 15 is 0 Å². The highest BCUT2D eigenvalue weighted by Crippen LogP contribution is 2.49. The van der Waals surface area contributed by atoms with Gasteiger partial charge in [-0.25, -0.2) is 4.98 Å². The van der Waals surface area contributed by atoms with Gasteiger partial charge in [-0.3, -0.25) is 4.79 Å². The largest absolute Gasteiger partial charge is 0.383 e. The van der Waals surface area contributed by atoms with E-state index in [0.29, 0.717) is 19.2 Å². The van der Waals surface area contributed by atoms with E-state index in [1.807, 2.05) is 11.2 Å². The Morgan fingerprint density at radius 2 is 2.26 bits per heavy atom. The maximum Gasteiger partial charge on any atom is 0.230 e. The summed E-state index contributed by atoms with van der Waals surface area (Å²) < 4.78 is 7.27. The van der Waals surface area contributed by atoms with Crippen molar-refractivity contribution >= 4 is 5.91 Å². The summed E-state index contributed by atoms with van der Waals surface area (Å²) in [6, 6.07) is 0.392. The van der Waals surface area contributed by atoms with Crippen molar-refractivity contribution in [3.05, 3.63) is 18.2 Å². The fraction of sp³-hybridized carbons (Fsp3) is 0.765. The SMILES string of the molecule is COCCN1CC[C@@]2(CN(C)C[C@H]2c2cn(C(C)C)cn2)C1=O. The third-order valence-electron chi connectivity index (χ3n) is 5.39. The van der Waals surface area contributed by atoms with E-state index in [0.717, 1.165) is 31.7 Å². The van der Waals surface area contributed by atoms with Gasteiger partial charge in [0.1, 0.15) is 0 Å². The number of likely N-dealkylation sites (N-methyl/N-ethyl adjacent to an activating group) is 1. The number of carbonyl (C=O) groups excluding carboxylic acids is 1. The second-order valence-corrected chi connectivity index (χ2v) is 7.28. The fourth-order valence-corrected chi connectivity index (χ4v) is 4.08. The monoisotopic (exact) mass is 320 g/mol. The summed E-state index contributed by atoms with van der Waals surface area (Å²) in [6.45, 7) is 8.15. The molecule has 0 radical (unpaired) electrons. The lowest BCUT2D eigenvalue weighted by Crippen LogP contribution is -2.40. The number of carbonyl (C=O) groups is 1. The number of nitrogens with zero attached hydrogens (tertiary/aromatic N) is 4. The first-order valence-corrected chi connectivity index (χ1v) is 8.48. The molecule has 2 aliphatic rings. The molecule has 3 heterocycles. The third-order valence-corrected chi connectivity index (χ3v) is 5.39. The number of rotatable bonds is 5. The van der Waals surface area contributed by atoms with Crippen LogP contribution in [-0.2, 0) is 9.53 Å². The molecule has 3 rings (SSSR count). The Morgan fingerprint density at radius 1 is 1.48 bits per heavy atom. The zero-order chi connectivity index (χ0) is 16.6. The molecule has 1 aromatic heterocycles. The topological polar surface area (TPSA) is 50.6 Å². The number of amides is 1. The first-order valence-electron chi connectivity index (χ1n) is 8.48. The first kappa shape index (κ1) is 16.5. The Labute approximate surface area is 138 Å². The maximum absolute atomic E-state index is 13.1. The fourth-order valence-electron chi connectivity index (χ4n) is 4.08. The third kappa shape index (κ3) is 2.78. The van der Waals surface area contributed by atoms with Crippen LogP contribution in [0, 0.1) is 5.41 Å². The van der Waals surface area contributed by atoms with Gasteiger partial charge in [-0.1, -0.05) is 0 Å². The summed E-state index contributed by atoms with van der Waals surface area (Å²) in [6.07, 6.45) is 4.94. The van der Waals surface area contributed by atoms with Crippen molar-refractivity contribution in [2.45, 2.75) is 32.2 Å². The molecular weight excluding hydrogens is 292 g/mol. The van der Waals surface area contributed by atoms with E-state index in [9.17, 15) is 4.79 Å². The Bertz CT molecular complexity index is 571. The quantitative estimate of drug-likeness (QED) is 0.822. The van der Waals surface area contributed by atoms with Gasteiger partial charge in [0, 0.05) is 51.4 Å². The summed E-state index contributed by atoms with van der Waals surface area (Å²) in [5.41, 5.74) is 0.753. The van der Waals surface area contributed by atoms with Gasteiger partial charge in [0.25, 0.3) is 0 Å². The summed E-state index contributed by atoms with van der Waals surface area (Å²) in [4.78, 5) is 22.0. The van der Waals surface area contributed by atoms with Crippen LogP contribution in [0.5, 0.6) is 0 Å². The number of imidazole rings is 1. The molecular formula is C17H28N4O2. The normalized spacial score (nSPS) is 28.7. The average molecular weight is 320 g/mol. The number of ether oxygens (including phenoxy) is 1. The number of hydrogen-bond donors (Lipinski definition) is 0. The van der Waals surface area contributed by atoms with Crippen LogP contribution in [0.1, 0.15) is 37.9 Å². The smallest absolute Gasteiger partial charge is 0.230 e. The molecule has 2 saturated heterocycles. The maximum atomic E-state index is 13.1. The molecule has 0 saturated carbocycles. The Hall–Kier alpha value is -1.40. The van der Waals surface area contributed by atoms with Crippen molar-refractivity contribution in [1.29, 1.82) is 0 Å². The highest BCUT2D eigenvalue weighted by Gasteiger charge is 2.56. The minimum Gasteiger partial charge on any atom is -0.383 e. The van der Waals surface area contributed by atoms with Crippen LogP contribution < -0.4 is 0 Å². The molecule has 0 N–H and O–H groups in total. The van der Waals surface area contributed by atoms with Crippen LogP contribution in [0.3, 0.4) is 0 Å². The van der Waals surface area contributed by atoms with E-state index in [-0.39, 0.29) is 17.2 Å². The summed E-state index contributed by atoms with van der Waals surface area (Å²) in [5.74, 6) is 0.468. The first-order chi connectivity index (χ1) is 11.0. The lowest BCUT2D eigenvalue weighted by Gasteiger charge is -2.28. The van der Waals surface area contributed by atoms with E-state index in [2.05, 4.69) is 41.5 Å². The van der Waals surface area contributed by atoms with Crippen molar-refractivity contribution in [1.82, 2.24) is 19.4 Å². The standard InChI is InChI=1S/C17H28N4O2/c1-13(2)21-10-15(18-12-21)14-9-19(3)11-17(14)5-6-20(16(17)22)7-8-23-4/h10,12-14H,5-9,11H2,1-4H3/t14-,17-/m0/s1. The molecule has 2 fully saturated rings. The average Bonchev–Trinajstić information content (AvgIpc) is 3.18. The van der Waals surface area contributed by atoms with Gasteiger partial charge in [-0.15, -0.1) is 0 Å². The lowest BCUT2D eigenvalue weighted by atomic mass is 9.75. The van der Waals surface area contributed by atoms with Gasteiger partial charge in [0.05, 0.1) is 24.0 Å². The van der Waals surface area contributed by atoms with Crippen LogP contribution in [0.25, 0.3) is 0 Å². The Kier molecular flexibility index (Phi) is 4.47. The van der Waals surface area contributed by atoms with Crippen LogP contribution >= 0.6 is 0 Å². The molecule has 128 valence electrons. The number of aromatic nitrogens is 2. The Balaban J connectivity index is 1.86. The molecule has 23 heavy (non-hydrogen) atoms. The molecule has 1 aromatic rings. The van der Waals surface area contributed by atoms with Crippen molar-refractivity contribution in [3.63, 3.8) is 0 Å². The molecule has 6 nitrogen and oxygen atoms in total. The van der Waals surface area contributed by atoms with E-state index in [1.54, 1.807) is 7.11 Å². The minimum absolute atomic E-state index is 0.188. The zero-order valence-electron chi connectivity index (χ0n) is 14.7. The van der Waals surface area contributed by atoms with E-state index in [1.165, 1.54) is 0 Å². The highest BCUT2D eigenvalue weighted by atomic mass is 16.5. The van der Waals surface area contributed by atoms with Crippen molar-refractivity contribution < 1.29 is 9.53 Å². The summed E-state index contributed by atoms with van der Waals surface area (Å²) >= 11 is 0. The Morgan fingerprint density at radius 3 is 2.91 bits per heavy atom. The molecule has 0 aliphatic carbocycles. The number of likely N-dealkylation sites (tertiary alicyclic amines) is 2. The van der Waals surface area contributed by atoms with Gasteiger partial charge in [0.15, 0.2) is 0 Å². The second-order valence-electron chi connectivity index (χ2n) is 7.28. The van der Waals surface area contributed by atoms with Crippen LogP contribution in [0.15, 0.2) is 12.5 Å². The van der Waals surface area contributed by atoms with Gasteiger partial charge in [-0.05, 0) is 27.3 Å². The predicted molar refractivity (Wildman–Crippen MR) is 88.4 cm³/mol. The number of methoxy groups -OCH3 is 1. The van der Waals surface area contributed by atoms with Gasteiger partial charge in [-0.2, -0.15) is 0 Å². The number of hydrogen-bond acceptors (Lipinski definition) is 4. The van der Waals surface area contributed by atoms with Gasteiger partial charge >= 0.3 is 0 Å². The van der Waals surface area contributed by atoms with Gasteiger partial charge in [0.2, 0.25) is 5.91 Å². The van der Waals surface area contributed by atoms with Crippen LogP contribution in [0.2, 0.25) is 0 Å². The van der Waals surface area contributed by atoms with Crippen molar-refractivity contribution in [2.24, 2.45) is 5.41 Å². The zero-order valence-corrected chi connectivity index (χ0v) is 14.7. The molecule has 2 atom stereocenters. The highest BCUT2D eigenvalue weighted by molar-refractivity contribution is 5.86. The van der Waals surface area contributed by atoms with E-state index in [4.69, 9.17) is 4.74 Å². The molecule has 6 heteroatoms. The second kappa shape index (κ2) is 6.24. The molecule has 0 bridgehead atoms. The van der Waals surface area contributed by atoms with Crippen molar-refractivity contribution in [3.8, 4) is 0 Å². The predicted octanol–water partition coefficient (Wildman–Crippen LogP) is 1.36. The van der Waals surface area contributed by atoms with Gasteiger partial charge < -0.3 is 19.1 Å². The molecule has 1 amide bonds. The van der Waals surface area contributed by atoms with Crippen LogP contribution in [-0.4, -0.2) is 72.2 Å². The van der Waals surface area contributed by atoms with Crippen molar-refractivity contribution in [2.75, 3.05) is 46.9 Å². The molecule has 2 aliphatic heterocycles. The molecule has 1 spiro atoms. The molecule has 0 aromatic carbocycles. The lowest BCUT2D eigenvalue weighted by molar-refractivity contribution is -0.136. The summed E-state index contributed by atoms with van der Waals surface area (Å²) in [5, 5.41) is 0. The van der Waals surface area contributed by atoms with E-state index < -0.39 is 0 Å². The summed E-state index contributed by atoms with van der Waals surface area (Å²) in [7, 11) is 3.79. The minimum atomic E-state index is -0.307.